The average Bonchev–Trinajstić information content (AvgIpc) is 2.73. The number of aliphatic hydroxyl groups is 1. The van der Waals surface area contributed by atoms with Gasteiger partial charge in [0.05, 0.1) is 33.5 Å². The molecule has 6 atom stereocenters. The maximum absolute atomic E-state index is 12.5. The van der Waals surface area contributed by atoms with Crippen molar-refractivity contribution in [3.63, 3.8) is 0 Å². The van der Waals surface area contributed by atoms with E-state index in [1.165, 1.54) is 14.2 Å². The van der Waals surface area contributed by atoms with Gasteiger partial charge in [0.2, 0.25) is 11.6 Å². The zero-order valence-electron chi connectivity index (χ0n) is 18.3. The molecule has 1 aliphatic heterocycles. The van der Waals surface area contributed by atoms with Crippen LogP contribution in [-0.4, -0.2) is 87.9 Å². The molecule has 0 aromatic carbocycles. The van der Waals surface area contributed by atoms with Crippen molar-refractivity contribution in [1.29, 1.82) is 0 Å². The van der Waals surface area contributed by atoms with E-state index in [0.717, 1.165) is 21.3 Å². The van der Waals surface area contributed by atoms with Crippen molar-refractivity contribution in [1.82, 2.24) is 0 Å². The highest BCUT2D eigenvalue weighted by atomic mass is 16.8. The van der Waals surface area contributed by atoms with Crippen LogP contribution in [-0.2, 0) is 47.5 Å². The summed E-state index contributed by atoms with van der Waals surface area (Å²) in [5, 5.41) is 11.1. The zero-order chi connectivity index (χ0) is 22.9. The minimum Gasteiger partial charge on any atom is -0.468 e. The van der Waals surface area contributed by atoms with Crippen molar-refractivity contribution in [2.45, 2.75) is 56.1 Å². The van der Waals surface area contributed by atoms with Gasteiger partial charge in [0.25, 0.3) is 0 Å². The van der Waals surface area contributed by atoms with Crippen LogP contribution in [0.15, 0.2) is 0 Å². The molecule has 172 valence electrons. The monoisotopic (exact) mass is 434 g/mol. The molecule has 30 heavy (non-hydrogen) atoms. The van der Waals surface area contributed by atoms with Crippen molar-refractivity contribution in [3.05, 3.63) is 0 Å². The Bertz CT molecular complexity index is 665. The molecule has 0 radical (unpaired) electrons. The molecule has 11 heteroatoms. The minimum atomic E-state index is -2.04. The smallest absolute Gasteiger partial charge is 0.337 e. The molecule has 1 aliphatic carbocycles. The number of carbonyl (C=O) groups is 3. The Balaban J connectivity index is 2.58. The number of hydrogen-bond donors (Lipinski definition) is 1. The fourth-order valence-electron chi connectivity index (χ4n) is 4.18. The minimum absolute atomic E-state index is 0.214. The molecular formula is C19H30O11. The predicted molar refractivity (Wildman–Crippen MR) is 97.8 cm³/mol. The van der Waals surface area contributed by atoms with Crippen LogP contribution in [0.25, 0.3) is 0 Å². The lowest BCUT2D eigenvalue weighted by Crippen LogP contribution is -2.70. The van der Waals surface area contributed by atoms with Gasteiger partial charge in [0.1, 0.15) is 0 Å². The van der Waals surface area contributed by atoms with E-state index in [0.29, 0.717) is 0 Å². The SMILES string of the molecule is COC(=O)C(C(=O)OC)[C@H]1C[C@@](O)(C(=O)OC)C[C@H]2O[C@](C)(OC)[C@@](C)(OC)O[C@H]12. The second kappa shape index (κ2) is 8.75. The molecule has 0 unspecified atom stereocenters. The fourth-order valence-corrected chi connectivity index (χ4v) is 4.18. The van der Waals surface area contributed by atoms with Gasteiger partial charge in [-0.1, -0.05) is 0 Å². The van der Waals surface area contributed by atoms with E-state index in [9.17, 15) is 19.5 Å². The summed E-state index contributed by atoms with van der Waals surface area (Å²) in [5.74, 6) is -8.12. The maximum Gasteiger partial charge on any atom is 0.337 e. The Labute approximate surface area is 174 Å². The summed E-state index contributed by atoms with van der Waals surface area (Å²) in [5.41, 5.74) is -2.04. The van der Waals surface area contributed by atoms with Gasteiger partial charge in [-0.15, -0.1) is 0 Å². The van der Waals surface area contributed by atoms with Crippen molar-refractivity contribution < 1.29 is 52.6 Å². The van der Waals surface area contributed by atoms with Crippen molar-refractivity contribution >= 4 is 17.9 Å². The van der Waals surface area contributed by atoms with Crippen LogP contribution in [0.5, 0.6) is 0 Å². The van der Waals surface area contributed by atoms with Gasteiger partial charge in [0, 0.05) is 26.6 Å². The lowest BCUT2D eigenvalue weighted by Gasteiger charge is -2.57. The Morgan fingerprint density at radius 3 is 1.80 bits per heavy atom. The van der Waals surface area contributed by atoms with Gasteiger partial charge >= 0.3 is 17.9 Å². The number of esters is 3. The lowest BCUT2D eigenvalue weighted by molar-refractivity contribution is -0.459. The first-order chi connectivity index (χ1) is 14.0. The summed E-state index contributed by atoms with van der Waals surface area (Å²) in [6, 6.07) is 0. The lowest BCUT2D eigenvalue weighted by atomic mass is 9.68. The topological polar surface area (TPSA) is 136 Å². The Morgan fingerprint density at radius 2 is 1.37 bits per heavy atom. The van der Waals surface area contributed by atoms with Gasteiger partial charge < -0.3 is 38.3 Å². The van der Waals surface area contributed by atoms with Gasteiger partial charge in [0.15, 0.2) is 11.5 Å². The molecule has 0 spiro atoms. The van der Waals surface area contributed by atoms with Crippen molar-refractivity contribution in [2.24, 2.45) is 11.8 Å². The van der Waals surface area contributed by atoms with Crippen LogP contribution in [0.1, 0.15) is 26.7 Å². The summed E-state index contributed by atoms with van der Waals surface area (Å²) in [7, 11) is 6.13. The standard InChI is InChI=1S/C19H30O11/c1-17(27-6)18(2,28-7)30-13-10(12(14(20)24-3)15(21)25-4)8-19(23,16(22)26-5)9-11(13)29-17/h10-13,23H,8-9H2,1-7H3/t10-,11-,13-,17+,18+,19+/m1/s1. The summed E-state index contributed by atoms with van der Waals surface area (Å²) in [6.45, 7) is 3.15. The number of methoxy groups -OCH3 is 5. The third-order valence-electron chi connectivity index (χ3n) is 6.15. The molecule has 2 aliphatic rings. The molecule has 1 N–H and O–H groups in total. The van der Waals surface area contributed by atoms with Crippen LogP contribution in [0, 0.1) is 11.8 Å². The van der Waals surface area contributed by atoms with E-state index in [1.807, 2.05) is 0 Å². The van der Waals surface area contributed by atoms with Crippen molar-refractivity contribution in [2.75, 3.05) is 35.5 Å². The van der Waals surface area contributed by atoms with Gasteiger partial charge in [-0.3, -0.25) is 9.59 Å². The van der Waals surface area contributed by atoms with E-state index >= 15 is 0 Å². The summed E-state index contributed by atoms with van der Waals surface area (Å²) < 4.78 is 37.5. The quantitative estimate of drug-likeness (QED) is 0.337. The second-order valence-electron chi connectivity index (χ2n) is 7.66. The molecule has 2 rings (SSSR count). The van der Waals surface area contributed by atoms with Gasteiger partial charge in [-0.25, -0.2) is 4.79 Å². The number of fused-ring (bicyclic) bond motifs is 1. The number of rotatable bonds is 6. The van der Waals surface area contributed by atoms with E-state index in [1.54, 1.807) is 13.8 Å². The summed E-state index contributed by atoms with van der Waals surface area (Å²) in [6.07, 6.45) is -2.43. The van der Waals surface area contributed by atoms with Crippen LogP contribution in [0.3, 0.4) is 0 Å². The summed E-state index contributed by atoms with van der Waals surface area (Å²) >= 11 is 0. The highest BCUT2D eigenvalue weighted by Crippen LogP contribution is 2.49. The molecule has 0 aromatic rings. The van der Waals surface area contributed by atoms with Crippen LogP contribution >= 0.6 is 0 Å². The van der Waals surface area contributed by atoms with E-state index in [2.05, 4.69) is 0 Å². The molecule has 1 saturated carbocycles. The second-order valence-corrected chi connectivity index (χ2v) is 7.66. The van der Waals surface area contributed by atoms with E-state index < -0.39 is 59.1 Å². The number of ether oxygens (including phenoxy) is 7. The first-order valence-corrected chi connectivity index (χ1v) is 9.38. The third-order valence-corrected chi connectivity index (χ3v) is 6.15. The van der Waals surface area contributed by atoms with Crippen LogP contribution in [0.4, 0.5) is 0 Å². The zero-order valence-corrected chi connectivity index (χ0v) is 18.3. The average molecular weight is 434 g/mol. The summed E-state index contributed by atoms with van der Waals surface area (Å²) in [4.78, 5) is 37.3. The normalized spacial score (nSPS) is 38.5. The molecule has 1 heterocycles. The largest absolute Gasteiger partial charge is 0.468 e. The third kappa shape index (κ3) is 3.92. The molecule has 2 fully saturated rings. The van der Waals surface area contributed by atoms with Crippen LogP contribution < -0.4 is 0 Å². The molecule has 11 nitrogen and oxygen atoms in total. The highest BCUT2D eigenvalue weighted by molar-refractivity contribution is 5.95. The Morgan fingerprint density at radius 1 is 0.867 bits per heavy atom. The Hall–Kier alpha value is -1.79. The molecule has 0 aromatic heterocycles. The molecular weight excluding hydrogens is 404 g/mol. The number of carbonyl (C=O) groups excluding carboxylic acids is 3. The number of hydrogen-bond acceptors (Lipinski definition) is 11. The molecule has 1 saturated heterocycles. The van der Waals surface area contributed by atoms with Gasteiger partial charge in [-0.05, 0) is 20.3 Å². The van der Waals surface area contributed by atoms with Crippen molar-refractivity contribution in [3.8, 4) is 0 Å². The predicted octanol–water partition coefficient (Wildman–Crippen LogP) is -0.228. The molecule has 0 amide bonds. The van der Waals surface area contributed by atoms with Crippen LogP contribution in [0.2, 0.25) is 0 Å². The van der Waals surface area contributed by atoms with Gasteiger partial charge in [-0.2, -0.15) is 0 Å². The Kier molecular flexibility index (Phi) is 7.14. The first-order valence-electron chi connectivity index (χ1n) is 9.38. The first kappa shape index (κ1) is 24.5. The van der Waals surface area contributed by atoms with E-state index in [-0.39, 0.29) is 12.8 Å². The van der Waals surface area contributed by atoms with E-state index in [4.69, 9.17) is 33.2 Å². The maximum atomic E-state index is 12.5. The highest BCUT2D eigenvalue weighted by Gasteiger charge is 2.64. The molecule has 0 bridgehead atoms. The fraction of sp³-hybridized carbons (Fsp3) is 0.842.